The lowest BCUT2D eigenvalue weighted by Gasteiger charge is -2.16. The van der Waals surface area contributed by atoms with Crippen molar-refractivity contribution in [1.29, 1.82) is 0 Å². The molecule has 0 fully saturated rings. The van der Waals surface area contributed by atoms with Gasteiger partial charge < -0.3 is 4.74 Å². The van der Waals surface area contributed by atoms with E-state index in [9.17, 15) is 13.2 Å². The summed E-state index contributed by atoms with van der Waals surface area (Å²) in [5.41, 5.74) is 2.72. The molecule has 0 heterocycles. The number of nitrogens with two attached hydrogens (primary N) is 1. The van der Waals surface area contributed by atoms with Crippen LogP contribution >= 0.6 is 0 Å². The molecule has 0 radical (unpaired) electrons. The summed E-state index contributed by atoms with van der Waals surface area (Å²) >= 11 is 0. The molecular weight excluding hydrogens is 209 g/mol. The molecule has 1 aromatic carbocycles. The van der Waals surface area contributed by atoms with Gasteiger partial charge in [0, 0.05) is 11.6 Å². The van der Waals surface area contributed by atoms with Gasteiger partial charge in [-0.25, -0.2) is 0 Å². The van der Waals surface area contributed by atoms with Crippen molar-refractivity contribution in [3.63, 3.8) is 0 Å². The summed E-state index contributed by atoms with van der Waals surface area (Å²) < 4.78 is 39.9. The molecule has 1 rings (SSSR count). The van der Waals surface area contributed by atoms with Crippen LogP contribution in [-0.2, 0) is 0 Å². The number of ether oxygens (including phenoxy) is 1. The maximum atomic E-state index is 12.0. The summed E-state index contributed by atoms with van der Waals surface area (Å²) in [5, 5.41) is 0. The zero-order valence-corrected chi connectivity index (χ0v) is 8.01. The van der Waals surface area contributed by atoms with Gasteiger partial charge in [-0.2, -0.15) is 0 Å². The van der Waals surface area contributed by atoms with E-state index in [0.717, 1.165) is 0 Å². The number of alkyl halides is 3. The molecule has 0 bridgehead atoms. The third kappa shape index (κ3) is 3.41. The average Bonchev–Trinajstić information content (AvgIpc) is 2.15. The van der Waals surface area contributed by atoms with Crippen LogP contribution in [0.3, 0.4) is 0 Å². The van der Waals surface area contributed by atoms with E-state index in [4.69, 9.17) is 5.84 Å². The van der Waals surface area contributed by atoms with Crippen molar-refractivity contribution in [2.45, 2.75) is 19.3 Å². The Morgan fingerprint density at radius 1 is 1.33 bits per heavy atom. The Bertz CT molecular complexity index is 327. The van der Waals surface area contributed by atoms with Crippen LogP contribution in [0.25, 0.3) is 0 Å². The highest BCUT2D eigenvalue weighted by Crippen LogP contribution is 2.29. The summed E-state index contributed by atoms with van der Waals surface area (Å²) in [6.45, 7) is 1.64. The summed E-state index contributed by atoms with van der Waals surface area (Å²) in [6.07, 6.45) is -4.69. The lowest BCUT2D eigenvalue weighted by Crippen LogP contribution is -2.27. The van der Waals surface area contributed by atoms with Crippen LogP contribution in [0.5, 0.6) is 5.75 Å². The Morgan fingerprint density at radius 2 is 1.93 bits per heavy atom. The summed E-state index contributed by atoms with van der Waals surface area (Å²) in [5.74, 6) is 4.91. The van der Waals surface area contributed by atoms with Crippen molar-refractivity contribution >= 4 is 0 Å². The van der Waals surface area contributed by atoms with Crippen molar-refractivity contribution in [2.75, 3.05) is 0 Å². The van der Waals surface area contributed by atoms with Crippen molar-refractivity contribution in [1.82, 2.24) is 5.43 Å². The van der Waals surface area contributed by atoms with Gasteiger partial charge in [-0.1, -0.05) is 18.2 Å². The fourth-order valence-electron chi connectivity index (χ4n) is 1.15. The monoisotopic (exact) mass is 220 g/mol. The average molecular weight is 220 g/mol. The second-order valence-electron chi connectivity index (χ2n) is 2.97. The topological polar surface area (TPSA) is 47.3 Å². The third-order valence-corrected chi connectivity index (χ3v) is 1.86. The number of para-hydroxylation sites is 1. The lowest BCUT2D eigenvalue weighted by molar-refractivity contribution is -0.275. The number of nitrogens with one attached hydrogen (secondary N) is 1. The van der Waals surface area contributed by atoms with Crippen LogP contribution in [0.15, 0.2) is 24.3 Å². The molecular formula is C9H11F3N2O. The van der Waals surface area contributed by atoms with Crippen molar-refractivity contribution < 1.29 is 17.9 Å². The molecule has 1 atom stereocenters. The fourth-order valence-corrected chi connectivity index (χ4v) is 1.15. The van der Waals surface area contributed by atoms with Crippen molar-refractivity contribution in [2.24, 2.45) is 5.84 Å². The van der Waals surface area contributed by atoms with E-state index in [1.165, 1.54) is 18.2 Å². The highest BCUT2D eigenvalue weighted by molar-refractivity contribution is 5.35. The Morgan fingerprint density at radius 3 is 2.47 bits per heavy atom. The first-order chi connectivity index (χ1) is 6.94. The molecule has 0 aliphatic rings. The van der Waals surface area contributed by atoms with Crippen LogP contribution in [0, 0.1) is 0 Å². The van der Waals surface area contributed by atoms with E-state index < -0.39 is 12.4 Å². The second-order valence-corrected chi connectivity index (χ2v) is 2.97. The first-order valence-corrected chi connectivity index (χ1v) is 4.25. The number of hydrogen-bond acceptors (Lipinski definition) is 3. The maximum absolute atomic E-state index is 12.0. The van der Waals surface area contributed by atoms with E-state index in [2.05, 4.69) is 10.2 Å². The quantitative estimate of drug-likeness (QED) is 0.605. The number of halogens is 3. The predicted octanol–water partition coefficient (Wildman–Crippen LogP) is 2.11. The van der Waals surface area contributed by atoms with E-state index in [0.29, 0.717) is 5.56 Å². The van der Waals surface area contributed by atoms with E-state index in [1.54, 1.807) is 13.0 Å². The molecule has 1 aromatic rings. The predicted molar refractivity (Wildman–Crippen MR) is 48.9 cm³/mol. The molecule has 6 heteroatoms. The summed E-state index contributed by atoms with van der Waals surface area (Å²) in [7, 11) is 0. The van der Waals surface area contributed by atoms with E-state index in [1.807, 2.05) is 0 Å². The highest BCUT2D eigenvalue weighted by Gasteiger charge is 2.32. The molecule has 0 spiro atoms. The molecule has 0 aromatic heterocycles. The standard InChI is InChI=1S/C9H11F3N2O/c1-6(14-13)7-4-2-3-5-8(7)15-9(10,11)12/h2-6,14H,13H2,1H3/t6-/m1/s1. The highest BCUT2D eigenvalue weighted by atomic mass is 19.4. The number of rotatable bonds is 3. The van der Waals surface area contributed by atoms with Gasteiger partial charge in [0.15, 0.2) is 0 Å². The second kappa shape index (κ2) is 4.50. The van der Waals surface area contributed by atoms with Gasteiger partial charge in [0.1, 0.15) is 5.75 Å². The molecule has 15 heavy (non-hydrogen) atoms. The van der Waals surface area contributed by atoms with Gasteiger partial charge in [-0.05, 0) is 13.0 Å². The molecule has 0 amide bonds. The first kappa shape index (κ1) is 11.8. The lowest BCUT2D eigenvalue weighted by atomic mass is 10.1. The number of benzene rings is 1. The third-order valence-electron chi connectivity index (χ3n) is 1.86. The van der Waals surface area contributed by atoms with Crippen LogP contribution in [-0.4, -0.2) is 6.36 Å². The molecule has 0 saturated heterocycles. The summed E-state index contributed by atoms with van der Waals surface area (Å²) in [6, 6.07) is 5.44. The minimum atomic E-state index is -4.69. The van der Waals surface area contributed by atoms with Crippen LogP contribution in [0.4, 0.5) is 13.2 Å². The zero-order valence-electron chi connectivity index (χ0n) is 8.01. The van der Waals surface area contributed by atoms with E-state index >= 15 is 0 Å². The van der Waals surface area contributed by atoms with Crippen LogP contribution in [0.1, 0.15) is 18.5 Å². The molecule has 3 nitrogen and oxygen atoms in total. The van der Waals surface area contributed by atoms with Crippen molar-refractivity contribution in [3.8, 4) is 5.75 Å². The van der Waals surface area contributed by atoms with Gasteiger partial charge in [0.05, 0.1) is 0 Å². The van der Waals surface area contributed by atoms with Crippen LogP contribution < -0.4 is 16.0 Å². The Balaban J connectivity index is 2.96. The zero-order chi connectivity index (χ0) is 11.5. The molecule has 0 aliphatic carbocycles. The Kier molecular flexibility index (Phi) is 3.54. The first-order valence-electron chi connectivity index (χ1n) is 4.25. The van der Waals surface area contributed by atoms with E-state index in [-0.39, 0.29) is 5.75 Å². The van der Waals surface area contributed by atoms with Gasteiger partial charge in [-0.3, -0.25) is 11.3 Å². The Labute approximate surface area is 85.0 Å². The summed E-state index contributed by atoms with van der Waals surface area (Å²) in [4.78, 5) is 0. The molecule has 0 unspecified atom stereocenters. The SMILES string of the molecule is C[C@@H](NN)c1ccccc1OC(F)(F)F. The van der Waals surface area contributed by atoms with Gasteiger partial charge in [0.2, 0.25) is 0 Å². The molecule has 3 N–H and O–H groups in total. The molecule has 0 saturated carbocycles. The normalized spacial score (nSPS) is 13.7. The molecule has 0 aliphatic heterocycles. The minimum Gasteiger partial charge on any atom is -0.405 e. The van der Waals surface area contributed by atoms with Gasteiger partial charge in [-0.15, -0.1) is 13.2 Å². The number of hydrazine groups is 1. The van der Waals surface area contributed by atoms with Gasteiger partial charge in [0.25, 0.3) is 0 Å². The number of hydrogen-bond donors (Lipinski definition) is 2. The fraction of sp³-hybridized carbons (Fsp3) is 0.333. The maximum Gasteiger partial charge on any atom is 0.573 e. The molecule has 84 valence electrons. The smallest absolute Gasteiger partial charge is 0.405 e. The Hall–Kier alpha value is -1.27. The largest absolute Gasteiger partial charge is 0.573 e. The van der Waals surface area contributed by atoms with Crippen LogP contribution in [0.2, 0.25) is 0 Å². The minimum absolute atomic E-state index is 0.240. The van der Waals surface area contributed by atoms with Crippen molar-refractivity contribution in [3.05, 3.63) is 29.8 Å². The van der Waals surface area contributed by atoms with Gasteiger partial charge >= 0.3 is 6.36 Å².